The zero-order valence-corrected chi connectivity index (χ0v) is 18.0. The summed E-state index contributed by atoms with van der Waals surface area (Å²) in [6.45, 7) is 4.56. The number of amides is 2. The Morgan fingerprint density at radius 1 is 0.938 bits per heavy atom. The molecule has 0 saturated heterocycles. The van der Waals surface area contributed by atoms with E-state index in [0.29, 0.717) is 43.3 Å². The summed E-state index contributed by atoms with van der Waals surface area (Å²) < 4.78 is 1.88. The molecule has 8 heteroatoms. The Bertz CT molecular complexity index is 1090. The first kappa shape index (κ1) is 21.3. The number of carbonyl (C=O) groups is 2. The maximum atomic E-state index is 12.5. The number of hydrogen-bond donors (Lipinski definition) is 2. The Labute approximate surface area is 187 Å². The predicted molar refractivity (Wildman–Crippen MR) is 122 cm³/mol. The molecular weight excluding hydrogens is 404 g/mol. The van der Waals surface area contributed by atoms with Crippen molar-refractivity contribution in [3.05, 3.63) is 89.2 Å². The van der Waals surface area contributed by atoms with Gasteiger partial charge in [-0.05, 0) is 36.2 Å². The lowest BCUT2D eigenvalue weighted by Crippen LogP contribution is -2.43. The monoisotopic (exact) mass is 430 g/mol. The van der Waals surface area contributed by atoms with Crippen molar-refractivity contribution >= 4 is 17.8 Å². The van der Waals surface area contributed by atoms with Gasteiger partial charge in [0.05, 0.1) is 24.2 Å². The van der Waals surface area contributed by atoms with Crippen molar-refractivity contribution in [2.75, 3.05) is 19.6 Å². The zero-order chi connectivity index (χ0) is 22.3. The average Bonchev–Trinajstić information content (AvgIpc) is 3.41. The summed E-state index contributed by atoms with van der Waals surface area (Å²) in [5.74, 6) is 0.141. The second-order valence-corrected chi connectivity index (χ2v) is 7.40. The molecule has 0 saturated carbocycles. The second-order valence-electron chi connectivity index (χ2n) is 7.40. The number of nitrogens with zero attached hydrogens (tertiary/aromatic N) is 4. The first-order chi connectivity index (χ1) is 15.7. The van der Waals surface area contributed by atoms with Crippen molar-refractivity contribution < 1.29 is 9.59 Å². The van der Waals surface area contributed by atoms with Crippen LogP contribution in [0.1, 0.15) is 38.8 Å². The molecule has 2 aromatic carbocycles. The number of guanidine groups is 1. The van der Waals surface area contributed by atoms with Crippen molar-refractivity contribution in [2.24, 2.45) is 4.99 Å². The highest BCUT2D eigenvalue weighted by Gasteiger charge is 2.34. The first-order valence-corrected chi connectivity index (χ1v) is 10.7. The molecule has 4 rings (SSSR count). The molecule has 8 nitrogen and oxygen atoms in total. The Kier molecular flexibility index (Phi) is 6.60. The molecule has 0 atom stereocenters. The topological polar surface area (TPSA) is 91.6 Å². The Balaban J connectivity index is 1.37. The Hall–Kier alpha value is -3.94. The largest absolute Gasteiger partial charge is 0.357 e. The molecular formula is C24H26N6O2. The number of fused-ring (bicyclic) bond motifs is 1. The summed E-state index contributed by atoms with van der Waals surface area (Å²) in [7, 11) is 0. The number of nitrogens with one attached hydrogen (secondary N) is 2. The minimum absolute atomic E-state index is 0.248. The van der Waals surface area contributed by atoms with Gasteiger partial charge in [0.25, 0.3) is 11.8 Å². The van der Waals surface area contributed by atoms with E-state index < -0.39 is 0 Å². The van der Waals surface area contributed by atoms with Gasteiger partial charge in [0, 0.05) is 32.0 Å². The molecule has 2 heterocycles. The molecule has 0 bridgehead atoms. The van der Waals surface area contributed by atoms with Crippen LogP contribution in [-0.4, -0.2) is 52.1 Å². The van der Waals surface area contributed by atoms with Crippen LogP contribution >= 0.6 is 0 Å². The maximum Gasteiger partial charge on any atom is 0.261 e. The van der Waals surface area contributed by atoms with Crippen molar-refractivity contribution in [1.82, 2.24) is 25.3 Å². The number of hydrogen-bond acceptors (Lipinski definition) is 4. The molecule has 0 aliphatic carbocycles. The van der Waals surface area contributed by atoms with Gasteiger partial charge in [-0.15, -0.1) is 0 Å². The molecule has 0 unspecified atom stereocenters. The lowest BCUT2D eigenvalue weighted by molar-refractivity contribution is 0.0657. The Morgan fingerprint density at radius 3 is 2.28 bits per heavy atom. The smallest absolute Gasteiger partial charge is 0.261 e. The predicted octanol–water partition coefficient (Wildman–Crippen LogP) is 2.28. The fourth-order valence-electron chi connectivity index (χ4n) is 3.67. The van der Waals surface area contributed by atoms with E-state index in [4.69, 9.17) is 4.99 Å². The molecule has 164 valence electrons. The third-order valence-electron chi connectivity index (χ3n) is 5.27. The number of imide groups is 1. The van der Waals surface area contributed by atoms with Crippen molar-refractivity contribution in [3.63, 3.8) is 0 Å². The van der Waals surface area contributed by atoms with E-state index in [1.54, 1.807) is 30.5 Å². The lowest BCUT2D eigenvalue weighted by atomic mass is 10.1. The zero-order valence-electron chi connectivity index (χ0n) is 18.0. The SMILES string of the molecule is CCNC(=NCc1ccccc1Cn1cccn1)NCCN1C(=O)c2ccccc2C1=O. The van der Waals surface area contributed by atoms with Crippen molar-refractivity contribution in [1.29, 1.82) is 0 Å². The Morgan fingerprint density at radius 2 is 1.62 bits per heavy atom. The summed E-state index contributed by atoms with van der Waals surface area (Å²) in [5.41, 5.74) is 3.20. The quantitative estimate of drug-likeness (QED) is 0.325. The van der Waals surface area contributed by atoms with Crippen LogP contribution in [0.25, 0.3) is 0 Å². The molecule has 0 fully saturated rings. The standard InChI is InChI=1S/C24H26N6O2/c1-2-25-24(26-13-15-30-22(31)20-10-5-6-11-21(20)23(30)32)27-16-18-8-3-4-9-19(18)17-29-14-7-12-28-29/h3-12,14H,2,13,15-17H2,1H3,(H2,25,26,27). The summed E-state index contributed by atoms with van der Waals surface area (Å²) in [6, 6.07) is 17.0. The number of aliphatic imine (C=N–C) groups is 1. The van der Waals surface area contributed by atoms with Gasteiger partial charge >= 0.3 is 0 Å². The summed E-state index contributed by atoms with van der Waals surface area (Å²) in [6.07, 6.45) is 3.70. The van der Waals surface area contributed by atoms with Crippen LogP contribution in [0.15, 0.2) is 72.0 Å². The molecule has 2 amide bonds. The van der Waals surface area contributed by atoms with Gasteiger partial charge in [0.2, 0.25) is 0 Å². The minimum Gasteiger partial charge on any atom is -0.357 e. The third kappa shape index (κ3) is 4.69. The van der Waals surface area contributed by atoms with Crippen LogP contribution in [0.3, 0.4) is 0 Å². The van der Waals surface area contributed by atoms with Crippen LogP contribution in [0.5, 0.6) is 0 Å². The van der Waals surface area contributed by atoms with E-state index in [2.05, 4.69) is 27.9 Å². The molecule has 3 aromatic rings. The average molecular weight is 431 g/mol. The van der Waals surface area contributed by atoms with Gasteiger partial charge in [-0.2, -0.15) is 5.10 Å². The summed E-state index contributed by atoms with van der Waals surface area (Å²) >= 11 is 0. The fourth-order valence-corrected chi connectivity index (χ4v) is 3.67. The fraction of sp³-hybridized carbons (Fsp3) is 0.250. The number of rotatable bonds is 8. The molecule has 0 spiro atoms. The second kappa shape index (κ2) is 9.91. The molecule has 1 aliphatic rings. The van der Waals surface area contributed by atoms with E-state index in [1.165, 1.54) is 4.90 Å². The molecule has 0 radical (unpaired) electrons. The highest BCUT2D eigenvalue weighted by atomic mass is 16.2. The van der Waals surface area contributed by atoms with Crippen LogP contribution in [0.2, 0.25) is 0 Å². The van der Waals surface area contributed by atoms with Crippen LogP contribution in [0.4, 0.5) is 0 Å². The van der Waals surface area contributed by atoms with E-state index in [-0.39, 0.29) is 18.4 Å². The van der Waals surface area contributed by atoms with Crippen LogP contribution in [0, 0.1) is 0 Å². The summed E-state index contributed by atoms with van der Waals surface area (Å²) in [4.78, 5) is 31.0. The van der Waals surface area contributed by atoms with Gasteiger partial charge in [0.1, 0.15) is 0 Å². The van der Waals surface area contributed by atoms with E-state index in [1.807, 2.05) is 36.0 Å². The van der Waals surface area contributed by atoms with Crippen LogP contribution in [-0.2, 0) is 13.1 Å². The van der Waals surface area contributed by atoms with E-state index >= 15 is 0 Å². The highest BCUT2D eigenvalue weighted by Crippen LogP contribution is 2.21. The molecule has 1 aliphatic heterocycles. The number of carbonyl (C=O) groups excluding carboxylic acids is 2. The van der Waals surface area contributed by atoms with Gasteiger partial charge in [-0.25, -0.2) is 4.99 Å². The van der Waals surface area contributed by atoms with Crippen molar-refractivity contribution in [2.45, 2.75) is 20.0 Å². The third-order valence-corrected chi connectivity index (χ3v) is 5.27. The number of benzene rings is 2. The highest BCUT2D eigenvalue weighted by molar-refractivity contribution is 6.21. The number of aromatic nitrogens is 2. The lowest BCUT2D eigenvalue weighted by Gasteiger charge is -2.16. The van der Waals surface area contributed by atoms with Gasteiger partial charge < -0.3 is 10.6 Å². The van der Waals surface area contributed by atoms with Crippen LogP contribution < -0.4 is 10.6 Å². The maximum absolute atomic E-state index is 12.5. The van der Waals surface area contributed by atoms with E-state index in [0.717, 1.165) is 11.1 Å². The molecule has 32 heavy (non-hydrogen) atoms. The van der Waals surface area contributed by atoms with Gasteiger partial charge in [-0.1, -0.05) is 36.4 Å². The molecule has 2 N–H and O–H groups in total. The molecule has 1 aromatic heterocycles. The normalized spacial score (nSPS) is 13.4. The summed E-state index contributed by atoms with van der Waals surface area (Å²) in [5, 5.41) is 10.7. The first-order valence-electron chi connectivity index (χ1n) is 10.7. The van der Waals surface area contributed by atoms with Crippen molar-refractivity contribution in [3.8, 4) is 0 Å². The minimum atomic E-state index is -0.248. The van der Waals surface area contributed by atoms with E-state index in [9.17, 15) is 9.59 Å². The van der Waals surface area contributed by atoms with Gasteiger partial charge in [0.15, 0.2) is 5.96 Å². The van der Waals surface area contributed by atoms with Gasteiger partial charge in [-0.3, -0.25) is 19.2 Å².